The van der Waals surface area contributed by atoms with Crippen molar-refractivity contribution in [2.45, 2.75) is 17.7 Å². The third-order valence-corrected chi connectivity index (χ3v) is 2.86. The number of rotatable bonds is 5. The van der Waals surface area contributed by atoms with Crippen LogP contribution in [-0.2, 0) is 19.7 Å². The van der Waals surface area contributed by atoms with Gasteiger partial charge in [-0.05, 0) is 0 Å². The highest BCUT2D eigenvalue weighted by Crippen LogP contribution is 2.16. The van der Waals surface area contributed by atoms with E-state index in [9.17, 15) is 18.0 Å². The van der Waals surface area contributed by atoms with Gasteiger partial charge < -0.3 is 16.6 Å². The molecule has 0 spiro atoms. The molecule has 0 saturated heterocycles. The van der Waals surface area contributed by atoms with Crippen LogP contribution in [0, 0.1) is 0 Å². The molecule has 0 saturated carbocycles. The van der Waals surface area contributed by atoms with E-state index in [-0.39, 0.29) is 0 Å². The zero-order valence-corrected chi connectivity index (χ0v) is 7.82. The van der Waals surface area contributed by atoms with E-state index in [1.807, 2.05) is 0 Å². The molecular weight excluding hydrogens is 216 g/mol. The van der Waals surface area contributed by atoms with Crippen LogP contribution in [0.3, 0.4) is 0 Å². The summed E-state index contributed by atoms with van der Waals surface area (Å²) in [6.45, 7) is 0. The fraction of sp³-hybridized carbons (Fsp3) is 0.600. The largest absolute Gasteiger partial charge is 0.479 e. The SMILES string of the molecule is NC(=O)CC[C@](N)(C(=O)O)S(=O)(=O)O. The number of carbonyl (C=O) groups excluding carboxylic acids is 1. The van der Waals surface area contributed by atoms with Crippen LogP contribution in [0.15, 0.2) is 0 Å². The first-order valence-electron chi connectivity index (χ1n) is 3.39. The Morgan fingerprint density at radius 3 is 2.00 bits per heavy atom. The average molecular weight is 226 g/mol. The van der Waals surface area contributed by atoms with Crippen LogP contribution >= 0.6 is 0 Å². The fourth-order valence-electron chi connectivity index (χ4n) is 0.655. The minimum atomic E-state index is -4.99. The number of aliphatic carboxylic acids is 1. The summed E-state index contributed by atoms with van der Waals surface area (Å²) in [5.41, 5.74) is 9.60. The van der Waals surface area contributed by atoms with E-state index in [0.29, 0.717) is 0 Å². The van der Waals surface area contributed by atoms with Gasteiger partial charge in [0.15, 0.2) is 0 Å². The van der Waals surface area contributed by atoms with Gasteiger partial charge in [-0.15, -0.1) is 0 Å². The number of amides is 1. The lowest BCUT2D eigenvalue weighted by molar-refractivity contribution is -0.140. The third kappa shape index (κ3) is 2.65. The van der Waals surface area contributed by atoms with E-state index in [1.54, 1.807) is 0 Å². The predicted octanol–water partition coefficient (Wildman–Crippen LogP) is -2.12. The molecule has 0 aliphatic rings. The highest BCUT2D eigenvalue weighted by atomic mass is 32.2. The molecule has 0 aromatic heterocycles. The van der Waals surface area contributed by atoms with Gasteiger partial charge in [-0.2, -0.15) is 8.42 Å². The summed E-state index contributed by atoms with van der Waals surface area (Å²) in [7, 11) is -4.99. The Kier molecular flexibility index (Phi) is 3.57. The lowest BCUT2D eigenvalue weighted by Gasteiger charge is -2.19. The van der Waals surface area contributed by atoms with Crippen LogP contribution in [0.1, 0.15) is 12.8 Å². The Morgan fingerprint density at radius 2 is 1.79 bits per heavy atom. The molecular formula is C5H10N2O6S. The lowest BCUT2D eigenvalue weighted by Crippen LogP contribution is -2.54. The van der Waals surface area contributed by atoms with Crippen molar-refractivity contribution in [3.8, 4) is 0 Å². The molecule has 0 fully saturated rings. The number of primary amides is 1. The van der Waals surface area contributed by atoms with Crippen molar-refractivity contribution in [1.29, 1.82) is 0 Å². The summed E-state index contributed by atoms with van der Waals surface area (Å²) < 4.78 is 29.7. The molecule has 0 heterocycles. The van der Waals surface area contributed by atoms with E-state index in [1.165, 1.54) is 0 Å². The van der Waals surface area contributed by atoms with Gasteiger partial charge in [0.05, 0.1) is 0 Å². The fourth-order valence-corrected chi connectivity index (χ4v) is 1.24. The van der Waals surface area contributed by atoms with Gasteiger partial charge in [0.25, 0.3) is 10.1 Å². The van der Waals surface area contributed by atoms with Crippen molar-refractivity contribution in [2.75, 3.05) is 0 Å². The topological polar surface area (TPSA) is 161 Å². The summed E-state index contributed by atoms with van der Waals surface area (Å²) >= 11 is 0. The Hall–Kier alpha value is -1.19. The maximum absolute atomic E-state index is 10.6. The molecule has 0 unspecified atom stereocenters. The normalized spacial score (nSPS) is 15.9. The van der Waals surface area contributed by atoms with Gasteiger partial charge in [0, 0.05) is 12.8 Å². The minimum absolute atomic E-state index is 0.553. The van der Waals surface area contributed by atoms with Gasteiger partial charge in [0.2, 0.25) is 10.8 Å². The van der Waals surface area contributed by atoms with E-state index >= 15 is 0 Å². The summed E-state index contributed by atoms with van der Waals surface area (Å²) in [6, 6.07) is 0. The maximum Gasteiger partial charge on any atom is 0.342 e. The van der Waals surface area contributed by atoms with Gasteiger partial charge in [-0.1, -0.05) is 0 Å². The summed E-state index contributed by atoms with van der Waals surface area (Å²) in [4.78, 5) is 17.9. The van der Waals surface area contributed by atoms with Crippen molar-refractivity contribution in [3.05, 3.63) is 0 Å². The zero-order valence-electron chi connectivity index (χ0n) is 7.00. The highest BCUT2D eigenvalue weighted by molar-refractivity contribution is 7.88. The Bertz CT molecular complexity index is 349. The van der Waals surface area contributed by atoms with Crippen LogP contribution in [-0.4, -0.2) is 34.8 Å². The molecule has 0 radical (unpaired) electrons. The number of hydrogen-bond donors (Lipinski definition) is 4. The molecule has 9 heteroatoms. The quantitative estimate of drug-likeness (QED) is 0.389. The van der Waals surface area contributed by atoms with E-state index < -0.39 is 39.7 Å². The van der Waals surface area contributed by atoms with E-state index in [0.717, 1.165) is 0 Å². The lowest BCUT2D eigenvalue weighted by atomic mass is 10.1. The predicted molar refractivity (Wildman–Crippen MR) is 44.5 cm³/mol. The van der Waals surface area contributed by atoms with Crippen LogP contribution in [0.4, 0.5) is 0 Å². The molecule has 6 N–H and O–H groups in total. The monoisotopic (exact) mass is 226 g/mol. The number of nitrogens with two attached hydrogens (primary N) is 2. The van der Waals surface area contributed by atoms with E-state index in [2.05, 4.69) is 5.73 Å². The minimum Gasteiger partial charge on any atom is -0.479 e. The molecule has 0 bridgehead atoms. The van der Waals surface area contributed by atoms with Crippen molar-refractivity contribution >= 4 is 22.0 Å². The molecule has 0 aromatic rings. The standard InChI is InChI=1S/C5H10N2O6S/c6-3(8)1-2-5(7,4(9)10)14(11,12)13/h1-2,7H2,(H2,6,8)(H,9,10)(H,11,12,13)/t5-/m1/s1. The smallest absolute Gasteiger partial charge is 0.342 e. The summed E-state index contributed by atoms with van der Waals surface area (Å²) in [5, 5.41) is 8.46. The van der Waals surface area contributed by atoms with Crippen molar-refractivity contribution < 1.29 is 27.7 Å². The Balaban J connectivity index is 4.95. The zero-order chi connectivity index (χ0) is 11.6. The second-order valence-electron chi connectivity index (χ2n) is 2.64. The molecule has 0 rings (SSSR count). The first-order chi connectivity index (χ1) is 6.11. The second-order valence-corrected chi connectivity index (χ2v) is 4.31. The number of carbonyl (C=O) groups is 2. The number of carboxylic acids is 1. The molecule has 1 atom stereocenters. The van der Waals surface area contributed by atoms with Crippen molar-refractivity contribution in [1.82, 2.24) is 0 Å². The maximum atomic E-state index is 10.6. The average Bonchev–Trinajstić information content (AvgIpc) is 1.97. The van der Waals surface area contributed by atoms with Crippen LogP contribution in [0.25, 0.3) is 0 Å². The first-order valence-corrected chi connectivity index (χ1v) is 4.83. The number of carboxylic acid groups (broad SMARTS) is 1. The van der Waals surface area contributed by atoms with Crippen LogP contribution < -0.4 is 11.5 Å². The molecule has 1 amide bonds. The van der Waals surface area contributed by atoms with E-state index in [4.69, 9.17) is 15.4 Å². The molecule has 14 heavy (non-hydrogen) atoms. The van der Waals surface area contributed by atoms with Crippen molar-refractivity contribution in [3.63, 3.8) is 0 Å². The van der Waals surface area contributed by atoms with Crippen molar-refractivity contribution in [2.24, 2.45) is 11.5 Å². The van der Waals surface area contributed by atoms with Gasteiger partial charge in [0.1, 0.15) is 0 Å². The number of hydrogen-bond acceptors (Lipinski definition) is 5. The molecule has 0 aliphatic heterocycles. The third-order valence-electron chi connectivity index (χ3n) is 1.57. The molecule has 0 aromatic carbocycles. The van der Waals surface area contributed by atoms with Crippen LogP contribution in [0.2, 0.25) is 0 Å². The summed E-state index contributed by atoms with van der Waals surface area (Å²) in [5.74, 6) is -2.86. The Labute approximate surface area is 79.6 Å². The van der Waals surface area contributed by atoms with Gasteiger partial charge in [-0.3, -0.25) is 9.35 Å². The summed E-state index contributed by atoms with van der Waals surface area (Å²) in [6.07, 6.45) is -1.33. The highest BCUT2D eigenvalue weighted by Gasteiger charge is 2.46. The molecule has 82 valence electrons. The Morgan fingerprint density at radius 1 is 1.36 bits per heavy atom. The molecule has 0 aliphatic carbocycles. The van der Waals surface area contributed by atoms with Gasteiger partial charge >= 0.3 is 5.97 Å². The molecule has 8 nitrogen and oxygen atoms in total. The second kappa shape index (κ2) is 3.90. The van der Waals surface area contributed by atoms with Crippen LogP contribution in [0.5, 0.6) is 0 Å². The van der Waals surface area contributed by atoms with Gasteiger partial charge in [-0.25, -0.2) is 4.79 Å². The first kappa shape index (κ1) is 12.8.